The number of carbonyl (C=O) groups is 1. The first-order chi connectivity index (χ1) is 11.7. The van der Waals surface area contributed by atoms with Gasteiger partial charge in [0.25, 0.3) is 0 Å². The molecular formula is C19H24N2O3. The van der Waals surface area contributed by atoms with Gasteiger partial charge in [0.1, 0.15) is 11.5 Å². The third kappa shape index (κ3) is 4.91. The number of amides is 1. The number of hydrogen-bond donors (Lipinski definition) is 2. The van der Waals surface area contributed by atoms with Crippen LogP contribution in [0.1, 0.15) is 18.9 Å². The standard InChI is InChI=1S/C19H24N2O3/c1-4-14-5-7-15(8-6-14)21-19(22)11-12-20-17-13-16(23-2)9-10-18(17)24-3/h5-10,13,20H,4,11-12H2,1-3H3,(H,21,22). The Labute approximate surface area is 143 Å². The highest BCUT2D eigenvalue weighted by Gasteiger charge is 2.06. The van der Waals surface area contributed by atoms with Crippen molar-refractivity contribution in [3.05, 3.63) is 48.0 Å². The zero-order valence-electron chi connectivity index (χ0n) is 14.4. The molecule has 0 saturated carbocycles. The van der Waals surface area contributed by atoms with Gasteiger partial charge in [0.05, 0.1) is 19.9 Å². The molecule has 2 aromatic carbocycles. The minimum Gasteiger partial charge on any atom is -0.497 e. The summed E-state index contributed by atoms with van der Waals surface area (Å²) in [6.07, 6.45) is 1.34. The van der Waals surface area contributed by atoms with Crippen molar-refractivity contribution in [2.45, 2.75) is 19.8 Å². The number of methoxy groups -OCH3 is 2. The van der Waals surface area contributed by atoms with E-state index >= 15 is 0 Å². The second-order valence-corrected chi connectivity index (χ2v) is 5.34. The Kier molecular flexibility index (Phi) is 6.49. The highest BCUT2D eigenvalue weighted by atomic mass is 16.5. The minimum atomic E-state index is -0.0337. The number of rotatable bonds is 8. The van der Waals surface area contributed by atoms with E-state index in [9.17, 15) is 4.79 Å². The largest absolute Gasteiger partial charge is 0.497 e. The maximum Gasteiger partial charge on any atom is 0.226 e. The number of ether oxygens (including phenoxy) is 2. The molecule has 1 amide bonds. The SMILES string of the molecule is CCc1ccc(NC(=O)CCNc2cc(OC)ccc2OC)cc1. The van der Waals surface area contributed by atoms with Gasteiger partial charge < -0.3 is 20.1 Å². The summed E-state index contributed by atoms with van der Waals surface area (Å²) in [4.78, 5) is 12.0. The van der Waals surface area contributed by atoms with Crippen LogP contribution in [0.3, 0.4) is 0 Å². The Hall–Kier alpha value is -2.69. The third-order valence-corrected chi connectivity index (χ3v) is 3.72. The number of carbonyl (C=O) groups excluding carboxylic acids is 1. The first kappa shape index (κ1) is 17.7. The molecule has 2 rings (SSSR count). The van der Waals surface area contributed by atoms with Crippen molar-refractivity contribution >= 4 is 17.3 Å². The summed E-state index contributed by atoms with van der Waals surface area (Å²) < 4.78 is 10.5. The van der Waals surface area contributed by atoms with Crippen molar-refractivity contribution in [2.75, 3.05) is 31.4 Å². The maximum absolute atomic E-state index is 12.0. The lowest BCUT2D eigenvalue weighted by molar-refractivity contribution is -0.115. The molecule has 2 N–H and O–H groups in total. The van der Waals surface area contributed by atoms with Crippen molar-refractivity contribution in [1.82, 2.24) is 0 Å². The molecule has 5 heteroatoms. The van der Waals surface area contributed by atoms with E-state index < -0.39 is 0 Å². The Morgan fingerprint density at radius 1 is 1.04 bits per heavy atom. The van der Waals surface area contributed by atoms with Gasteiger partial charge >= 0.3 is 0 Å². The number of benzene rings is 2. The molecule has 0 aliphatic heterocycles. The van der Waals surface area contributed by atoms with Gasteiger partial charge in [-0.3, -0.25) is 4.79 Å². The molecule has 2 aromatic rings. The van der Waals surface area contributed by atoms with Crippen LogP contribution in [0.25, 0.3) is 0 Å². The van der Waals surface area contributed by atoms with Crippen molar-refractivity contribution < 1.29 is 14.3 Å². The molecule has 0 fully saturated rings. The molecule has 0 unspecified atom stereocenters. The van der Waals surface area contributed by atoms with Crippen LogP contribution in [0.2, 0.25) is 0 Å². The van der Waals surface area contributed by atoms with Gasteiger partial charge in [0, 0.05) is 24.7 Å². The summed E-state index contributed by atoms with van der Waals surface area (Å²) in [6.45, 7) is 2.61. The first-order valence-electron chi connectivity index (χ1n) is 8.01. The van der Waals surface area contributed by atoms with Crippen LogP contribution in [0, 0.1) is 0 Å². The van der Waals surface area contributed by atoms with E-state index in [0.29, 0.717) is 18.7 Å². The van der Waals surface area contributed by atoms with Gasteiger partial charge in [0.15, 0.2) is 0 Å². The van der Waals surface area contributed by atoms with Gasteiger partial charge in [-0.2, -0.15) is 0 Å². The lowest BCUT2D eigenvalue weighted by Gasteiger charge is -2.12. The van der Waals surface area contributed by atoms with E-state index in [1.165, 1.54) is 5.56 Å². The molecule has 5 nitrogen and oxygen atoms in total. The Morgan fingerprint density at radius 3 is 2.42 bits per heavy atom. The minimum absolute atomic E-state index is 0.0337. The van der Waals surface area contributed by atoms with Crippen LogP contribution in [0.4, 0.5) is 11.4 Å². The maximum atomic E-state index is 12.0. The van der Waals surface area contributed by atoms with Crippen molar-refractivity contribution in [1.29, 1.82) is 0 Å². The molecule has 0 aromatic heterocycles. The highest BCUT2D eigenvalue weighted by molar-refractivity contribution is 5.91. The molecule has 0 saturated heterocycles. The van der Waals surface area contributed by atoms with Gasteiger partial charge in [-0.15, -0.1) is 0 Å². The van der Waals surface area contributed by atoms with Crippen molar-refractivity contribution in [2.24, 2.45) is 0 Å². The fourth-order valence-electron chi connectivity index (χ4n) is 2.31. The van der Waals surface area contributed by atoms with Crippen LogP contribution >= 0.6 is 0 Å². The average molecular weight is 328 g/mol. The lowest BCUT2D eigenvalue weighted by Crippen LogP contribution is -2.16. The molecule has 0 aliphatic rings. The lowest BCUT2D eigenvalue weighted by atomic mass is 10.1. The van der Waals surface area contributed by atoms with E-state index in [1.54, 1.807) is 14.2 Å². The molecule has 24 heavy (non-hydrogen) atoms. The zero-order chi connectivity index (χ0) is 17.4. The number of anilines is 2. The smallest absolute Gasteiger partial charge is 0.226 e. The molecule has 0 atom stereocenters. The van der Waals surface area contributed by atoms with E-state index in [1.807, 2.05) is 42.5 Å². The normalized spacial score (nSPS) is 10.1. The van der Waals surface area contributed by atoms with Gasteiger partial charge in [-0.05, 0) is 36.2 Å². The summed E-state index contributed by atoms with van der Waals surface area (Å²) in [5.74, 6) is 1.42. The first-order valence-corrected chi connectivity index (χ1v) is 8.01. The summed E-state index contributed by atoms with van der Waals surface area (Å²) in [5, 5.41) is 6.10. The highest BCUT2D eigenvalue weighted by Crippen LogP contribution is 2.28. The summed E-state index contributed by atoms with van der Waals surface area (Å²) in [5.41, 5.74) is 2.87. The van der Waals surface area contributed by atoms with Crippen LogP contribution in [-0.4, -0.2) is 26.7 Å². The van der Waals surface area contributed by atoms with Crippen LogP contribution in [0.5, 0.6) is 11.5 Å². The van der Waals surface area contributed by atoms with Crippen LogP contribution in [-0.2, 0) is 11.2 Å². The Morgan fingerprint density at radius 2 is 1.79 bits per heavy atom. The van der Waals surface area contributed by atoms with Crippen LogP contribution in [0.15, 0.2) is 42.5 Å². The zero-order valence-corrected chi connectivity index (χ0v) is 14.4. The Balaban J connectivity index is 1.85. The molecule has 0 heterocycles. The predicted octanol–water partition coefficient (Wildman–Crippen LogP) is 3.71. The van der Waals surface area contributed by atoms with Crippen LogP contribution < -0.4 is 20.1 Å². The third-order valence-electron chi connectivity index (χ3n) is 3.72. The van der Waals surface area contributed by atoms with Gasteiger partial charge in [-0.25, -0.2) is 0 Å². The molecule has 0 bridgehead atoms. The number of nitrogens with one attached hydrogen (secondary N) is 2. The van der Waals surface area contributed by atoms with E-state index in [0.717, 1.165) is 23.5 Å². The second-order valence-electron chi connectivity index (χ2n) is 5.34. The van der Waals surface area contributed by atoms with E-state index in [2.05, 4.69) is 17.6 Å². The van der Waals surface area contributed by atoms with E-state index in [4.69, 9.17) is 9.47 Å². The topological polar surface area (TPSA) is 59.6 Å². The Bertz CT molecular complexity index is 669. The molecule has 128 valence electrons. The van der Waals surface area contributed by atoms with E-state index in [-0.39, 0.29) is 5.91 Å². The summed E-state index contributed by atoms with van der Waals surface area (Å²) in [7, 11) is 3.22. The second kappa shape index (κ2) is 8.82. The van der Waals surface area contributed by atoms with Crippen molar-refractivity contribution in [3.8, 4) is 11.5 Å². The molecule has 0 radical (unpaired) electrons. The quantitative estimate of drug-likeness (QED) is 0.775. The molecular weight excluding hydrogens is 304 g/mol. The summed E-state index contributed by atoms with van der Waals surface area (Å²) >= 11 is 0. The summed E-state index contributed by atoms with van der Waals surface area (Å²) in [6, 6.07) is 13.4. The van der Waals surface area contributed by atoms with Gasteiger partial charge in [0.2, 0.25) is 5.91 Å². The monoisotopic (exact) mass is 328 g/mol. The fourth-order valence-corrected chi connectivity index (χ4v) is 2.31. The average Bonchev–Trinajstić information content (AvgIpc) is 2.62. The fraction of sp³-hybridized carbons (Fsp3) is 0.316. The number of hydrogen-bond acceptors (Lipinski definition) is 4. The number of aryl methyl sites for hydroxylation is 1. The molecule has 0 aliphatic carbocycles. The van der Waals surface area contributed by atoms with Gasteiger partial charge in [-0.1, -0.05) is 19.1 Å². The predicted molar refractivity (Wildman–Crippen MR) is 97.1 cm³/mol. The van der Waals surface area contributed by atoms with Crippen molar-refractivity contribution in [3.63, 3.8) is 0 Å². The molecule has 0 spiro atoms.